The van der Waals surface area contributed by atoms with Crippen molar-refractivity contribution < 1.29 is 9.21 Å². The molecule has 3 aromatic rings. The average Bonchev–Trinajstić information content (AvgIpc) is 2.92. The summed E-state index contributed by atoms with van der Waals surface area (Å²) in [5.74, 6) is 0.284. The molecule has 0 amide bonds. The fraction of sp³-hybridized carbons (Fsp3) is 0.118. The van der Waals surface area contributed by atoms with Gasteiger partial charge in [0.25, 0.3) is 0 Å². The molecule has 0 N–H and O–H groups in total. The smallest absolute Gasteiger partial charge is 0.228 e. The van der Waals surface area contributed by atoms with E-state index >= 15 is 0 Å². The summed E-state index contributed by atoms with van der Waals surface area (Å²) in [6.07, 6.45) is 0.964. The van der Waals surface area contributed by atoms with Gasteiger partial charge < -0.3 is 4.42 Å². The molecular formula is C17H13BrO2. The van der Waals surface area contributed by atoms with Gasteiger partial charge in [0.2, 0.25) is 5.78 Å². The predicted octanol–water partition coefficient (Wildman–Crippen LogP) is 4.99. The third-order valence-electron chi connectivity index (χ3n) is 3.34. The first-order valence-corrected chi connectivity index (χ1v) is 7.30. The molecule has 1 aromatic heterocycles. The molecule has 0 saturated heterocycles. The third kappa shape index (κ3) is 2.29. The summed E-state index contributed by atoms with van der Waals surface area (Å²) >= 11 is 3.43. The summed E-state index contributed by atoms with van der Waals surface area (Å²) in [6, 6.07) is 15.2. The molecular weight excluding hydrogens is 316 g/mol. The minimum atomic E-state index is -0.0873. The van der Waals surface area contributed by atoms with Crippen molar-refractivity contribution in [2.75, 3.05) is 0 Å². The third-order valence-corrected chi connectivity index (χ3v) is 3.97. The highest BCUT2D eigenvalue weighted by Gasteiger charge is 2.15. The standard InChI is InChI=1S/C17H13BrO2/c1-2-11-6-8-12(9-7-11)16(19)15-10-13-4-3-5-14(18)17(13)20-15/h3-10H,2H2,1H3. The molecule has 0 aliphatic rings. The summed E-state index contributed by atoms with van der Waals surface area (Å²) in [6.45, 7) is 2.09. The molecule has 0 spiro atoms. The number of para-hydroxylation sites is 1. The van der Waals surface area contributed by atoms with E-state index in [2.05, 4.69) is 22.9 Å². The Hall–Kier alpha value is -1.87. The van der Waals surface area contributed by atoms with E-state index in [4.69, 9.17) is 4.42 Å². The van der Waals surface area contributed by atoms with Crippen molar-refractivity contribution in [2.45, 2.75) is 13.3 Å². The van der Waals surface area contributed by atoms with Crippen LogP contribution in [0.3, 0.4) is 0 Å². The highest BCUT2D eigenvalue weighted by molar-refractivity contribution is 9.10. The highest BCUT2D eigenvalue weighted by Crippen LogP contribution is 2.28. The zero-order chi connectivity index (χ0) is 14.1. The lowest BCUT2D eigenvalue weighted by Crippen LogP contribution is -1.99. The number of furan rings is 1. The van der Waals surface area contributed by atoms with Crippen LogP contribution in [0.4, 0.5) is 0 Å². The number of benzene rings is 2. The molecule has 0 atom stereocenters. The Bertz CT molecular complexity index is 769. The molecule has 0 saturated carbocycles. The van der Waals surface area contributed by atoms with E-state index in [-0.39, 0.29) is 5.78 Å². The van der Waals surface area contributed by atoms with Crippen LogP contribution in [-0.2, 0) is 6.42 Å². The summed E-state index contributed by atoms with van der Waals surface area (Å²) in [7, 11) is 0. The number of aryl methyl sites for hydroxylation is 1. The van der Waals surface area contributed by atoms with Crippen LogP contribution in [0.15, 0.2) is 57.4 Å². The molecule has 2 aromatic carbocycles. The largest absolute Gasteiger partial charge is 0.451 e. The second-order valence-corrected chi connectivity index (χ2v) is 5.50. The van der Waals surface area contributed by atoms with E-state index in [0.717, 1.165) is 16.3 Å². The van der Waals surface area contributed by atoms with Gasteiger partial charge in [0.1, 0.15) is 5.58 Å². The minimum Gasteiger partial charge on any atom is -0.451 e. The number of halogens is 1. The monoisotopic (exact) mass is 328 g/mol. The molecule has 20 heavy (non-hydrogen) atoms. The molecule has 2 nitrogen and oxygen atoms in total. The van der Waals surface area contributed by atoms with Crippen molar-refractivity contribution >= 4 is 32.7 Å². The van der Waals surface area contributed by atoms with Gasteiger partial charge in [-0.1, -0.05) is 43.3 Å². The van der Waals surface area contributed by atoms with E-state index < -0.39 is 0 Å². The van der Waals surface area contributed by atoms with E-state index in [1.807, 2.05) is 42.5 Å². The van der Waals surface area contributed by atoms with Gasteiger partial charge >= 0.3 is 0 Å². The number of hydrogen-bond donors (Lipinski definition) is 0. The fourth-order valence-electron chi connectivity index (χ4n) is 2.17. The van der Waals surface area contributed by atoms with Crippen molar-refractivity contribution in [3.8, 4) is 0 Å². The number of hydrogen-bond acceptors (Lipinski definition) is 2. The van der Waals surface area contributed by atoms with Crippen molar-refractivity contribution in [1.82, 2.24) is 0 Å². The second-order valence-electron chi connectivity index (χ2n) is 4.65. The first-order valence-electron chi connectivity index (χ1n) is 6.50. The lowest BCUT2D eigenvalue weighted by atomic mass is 10.1. The summed E-state index contributed by atoms with van der Waals surface area (Å²) < 4.78 is 6.53. The highest BCUT2D eigenvalue weighted by atomic mass is 79.9. The van der Waals surface area contributed by atoms with Crippen LogP contribution < -0.4 is 0 Å². The van der Waals surface area contributed by atoms with Gasteiger partial charge in [-0.3, -0.25) is 4.79 Å². The minimum absolute atomic E-state index is 0.0873. The van der Waals surface area contributed by atoms with Gasteiger partial charge in [0.15, 0.2) is 5.76 Å². The lowest BCUT2D eigenvalue weighted by Gasteiger charge is -1.99. The number of fused-ring (bicyclic) bond motifs is 1. The lowest BCUT2D eigenvalue weighted by molar-refractivity contribution is 0.101. The van der Waals surface area contributed by atoms with Gasteiger partial charge in [0.05, 0.1) is 4.47 Å². The van der Waals surface area contributed by atoms with Crippen LogP contribution in [0, 0.1) is 0 Å². The molecule has 0 aliphatic carbocycles. The molecule has 3 rings (SSSR count). The Kier molecular flexibility index (Phi) is 3.45. The summed E-state index contributed by atoms with van der Waals surface area (Å²) in [5.41, 5.74) is 2.58. The average molecular weight is 329 g/mol. The van der Waals surface area contributed by atoms with Crippen molar-refractivity contribution in [2.24, 2.45) is 0 Å². The number of carbonyl (C=O) groups is 1. The van der Waals surface area contributed by atoms with E-state index in [1.54, 1.807) is 6.07 Å². The van der Waals surface area contributed by atoms with Gasteiger partial charge in [-0.15, -0.1) is 0 Å². The molecule has 0 radical (unpaired) electrons. The SMILES string of the molecule is CCc1ccc(C(=O)c2cc3cccc(Br)c3o2)cc1. The topological polar surface area (TPSA) is 30.2 Å². The van der Waals surface area contributed by atoms with Crippen LogP contribution in [0.5, 0.6) is 0 Å². The fourth-order valence-corrected chi connectivity index (χ4v) is 2.64. The maximum absolute atomic E-state index is 12.4. The van der Waals surface area contributed by atoms with Crippen molar-refractivity contribution in [3.05, 3.63) is 69.9 Å². The molecule has 1 heterocycles. The Labute approximate surface area is 125 Å². The van der Waals surface area contributed by atoms with Crippen molar-refractivity contribution in [3.63, 3.8) is 0 Å². The Balaban J connectivity index is 2.01. The molecule has 0 unspecified atom stereocenters. The van der Waals surface area contributed by atoms with Crippen LogP contribution >= 0.6 is 15.9 Å². The Morgan fingerprint density at radius 3 is 2.55 bits per heavy atom. The summed E-state index contributed by atoms with van der Waals surface area (Å²) in [5, 5.41) is 0.924. The second kappa shape index (κ2) is 5.25. The van der Waals surface area contributed by atoms with Gasteiger partial charge in [-0.05, 0) is 40.0 Å². The van der Waals surface area contributed by atoms with Crippen LogP contribution in [0.2, 0.25) is 0 Å². The van der Waals surface area contributed by atoms with Gasteiger partial charge in [-0.2, -0.15) is 0 Å². The van der Waals surface area contributed by atoms with Crippen molar-refractivity contribution in [1.29, 1.82) is 0 Å². The Morgan fingerprint density at radius 2 is 1.90 bits per heavy atom. The zero-order valence-electron chi connectivity index (χ0n) is 11.0. The molecule has 3 heteroatoms. The van der Waals surface area contributed by atoms with Gasteiger partial charge in [-0.25, -0.2) is 0 Å². The van der Waals surface area contributed by atoms with E-state index in [9.17, 15) is 4.79 Å². The first-order chi connectivity index (χ1) is 9.69. The Morgan fingerprint density at radius 1 is 1.15 bits per heavy atom. The normalized spacial score (nSPS) is 10.9. The number of carbonyl (C=O) groups excluding carboxylic acids is 1. The van der Waals surface area contributed by atoms with Gasteiger partial charge in [0, 0.05) is 10.9 Å². The maximum atomic E-state index is 12.4. The first kappa shape index (κ1) is 13.1. The molecule has 100 valence electrons. The van der Waals surface area contributed by atoms with Crippen LogP contribution in [0.1, 0.15) is 28.6 Å². The maximum Gasteiger partial charge on any atom is 0.228 e. The molecule has 0 aliphatic heterocycles. The predicted molar refractivity (Wildman–Crippen MR) is 83.2 cm³/mol. The zero-order valence-corrected chi connectivity index (χ0v) is 12.6. The quantitative estimate of drug-likeness (QED) is 0.634. The van der Waals surface area contributed by atoms with Crippen LogP contribution in [-0.4, -0.2) is 5.78 Å². The van der Waals surface area contributed by atoms with E-state index in [0.29, 0.717) is 16.9 Å². The molecule has 0 fully saturated rings. The number of ketones is 1. The summed E-state index contributed by atoms with van der Waals surface area (Å²) in [4.78, 5) is 12.4. The number of rotatable bonds is 3. The molecule has 0 bridgehead atoms. The van der Waals surface area contributed by atoms with Crippen LogP contribution in [0.25, 0.3) is 11.0 Å². The van der Waals surface area contributed by atoms with E-state index in [1.165, 1.54) is 5.56 Å².